The zero-order chi connectivity index (χ0) is 23.3. The van der Waals surface area contributed by atoms with Crippen LogP contribution < -0.4 is 10.1 Å². The lowest BCUT2D eigenvalue weighted by atomic mass is 10.1. The molecule has 0 heterocycles. The van der Waals surface area contributed by atoms with Crippen molar-refractivity contribution in [3.8, 4) is 6.07 Å². The Labute approximate surface area is 189 Å². The van der Waals surface area contributed by atoms with E-state index in [-0.39, 0.29) is 22.0 Å². The van der Waals surface area contributed by atoms with Gasteiger partial charge in [-0.25, -0.2) is 8.42 Å². The fourth-order valence-electron chi connectivity index (χ4n) is 2.66. The van der Waals surface area contributed by atoms with Crippen molar-refractivity contribution in [2.75, 3.05) is 10.1 Å². The minimum absolute atomic E-state index is 0.0464. The molecule has 0 radical (unpaired) electrons. The third kappa shape index (κ3) is 5.40. The summed E-state index contributed by atoms with van der Waals surface area (Å²) in [5, 5.41) is 24.7. The molecule has 3 aromatic rings. The molecule has 0 saturated carbocycles. The number of nitro benzene ring substituents is 1. The number of hydrogen-bond acceptors (Lipinski definition) is 7. The standard InChI is InChI=1S/C21H16ClN5O4S/c1-14(16-4-2-15(13-23)3-5-16)24-25-20-11-10-19(27(28)29)12-21(20)32(30,31)26-18-8-6-17(22)7-9-18/h2-12,25-26H,1H3. The SMILES string of the molecule is CC(=NNc1ccc([N+](=O)[O-])cc1S(=O)(=O)Nc1ccc(Cl)cc1)c1ccc(C#N)cc1. The number of benzene rings is 3. The maximum Gasteiger partial charge on any atom is 0.270 e. The van der Waals surface area contributed by atoms with Crippen LogP contribution in [0.2, 0.25) is 5.02 Å². The summed E-state index contributed by atoms with van der Waals surface area (Å²) in [6, 6.07) is 18.0. The molecular weight excluding hydrogens is 454 g/mol. The van der Waals surface area contributed by atoms with Crippen LogP contribution in [0.3, 0.4) is 0 Å². The zero-order valence-electron chi connectivity index (χ0n) is 16.6. The van der Waals surface area contributed by atoms with E-state index in [9.17, 15) is 18.5 Å². The van der Waals surface area contributed by atoms with Gasteiger partial charge in [0.15, 0.2) is 0 Å². The molecule has 3 aromatic carbocycles. The number of non-ortho nitro benzene ring substituents is 1. The van der Waals surface area contributed by atoms with Gasteiger partial charge in [0.25, 0.3) is 15.7 Å². The number of sulfonamides is 1. The van der Waals surface area contributed by atoms with Gasteiger partial charge in [0, 0.05) is 22.8 Å². The largest absolute Gasteiger partial charge is 0.280 e. The molecule has 0 aromatic heterocycles. The number of anilines is 2. The van der Waals surface area contributed by atoms with Crippen LogP contribution in [0.4, 0.5) is 17.1 Å². The molecule has 0 fully saturated rings. The fourth-order valence-corrected chi connectivity index (χ4v) is 4.02. The Hall–Kier alpha value is -3.94. The maximum absolute atomic E-state index is 13.0. The maximum atomic E-state index is 13.0. The van der Waals surface area contributed by atoms with E-state index in [1.54, 1.807) is 31.2 Å². The number of rotatable bonds is 7. The third-order valence-corrected chi connectivity index (χ3v) is 6.01. The first-order chi connectivity index (χ1) is 15.2. The van der Waals surface area contributed by atoms with Crippen molar-refractivity contribution in [1.82, 2.24) is 0 Å². The normalized spacial score (nSPS) is 11.5. The van der Waals surface area contributed by atoms with Gasteiger partial charge in [-0.2, -0.15) is 10.4 Å². The third-order valence-electron chi connectivity index (χ3n) is 4.34. The smallest absolute Gasteiger partial charge is 0.270 e. The van der Waals surface area contributed by atoms with E-state index >= 15 is 0 Å². The fraction of sp³-hybridized carbons (Fsp3) is 0.0476. The second-order valence-corrected chi connectivity index (χ2v) is 8.64. The molecule has 32 heavy (non-hydrogen) atoms. The number of nitriles is 1. The number of nitrogens with one attached hydrogen (secondary N) is 2. The molecular formula is C21H16ClN5O4S. The van der Waals surface area contributed by atoms with Crippen LogP contribution in [0, 0.1) is 21.4 Å². The highest BCUT2D eigenvalue weighted by Gasteiger charge is 2.23. The molecule has 0 aliphatic rings. The zero-order valence-corrected chi connectivity index (χ0v) is 18.2. The summed E-state index contributed by atoms with van der Waals surface area (Å²) in [7, 11) is -4.20. The van der Waals surface area contributed by atoms with Crippen LogP contribution in [0.5, 0.6) is 0 Å². The average Bonchev–Trinajstić information content (AvgIpc) is 2.78. The number of nitrogens with zero attached hydrogens (tertiary/aromatic N) is 3. The number of halogens is 1. The summed E-state index contributed by atoms with van der Waals surface area (Å²) in [5.74, 6) is 0. The van der Waals surface area contributed by atoms with Crippen molar-refractivity contribution in [1.29, 1.82) is 5.26 Å². The molecule has 0 aliphatic carbocycles. The summed E-state index contributed by atoms with van der Waals surface area (Å²) < 4.78 is 28.3. The Morgan fingerprint density at radius 2 is 1.75 bits per heavy atom. The molecule has 11 heteroatoms. The summed E-state index contributed by atoms with van der Waals surface area (Å²) in [6.45, 7) is 1.69. The first kappa shape index (κ1) is 22.7. The molecule has 3 rings (SSSR count). The molecule has 0 saturated heterocycles. The van der Waals surface area contributed by atoms with Gasteiger partial charge >= 0.3 is 0 Å². The van der Waals surface area contributed by atoms with E-state index in [0.717, 1.165) is 6.07 Å². The van der Waals surface area contributed by atoms with E-state index in [0.29, 0.717) is 21.9 Å². The van der Waals surface area contributed by atoms with Crippen molar-refractivity contribution in [2.24, 2.45) is 5.10 Å². The van der Waals surface area contributed by atoms with Gasteiger partial charge in [-0.05, 0) is 55.0 Å². The Kier molecular flexibility index (Phi) is 6.73. The predicted octanol–water partition coefficient (Wildman–Crippen LogP) is 4.76. The number of hydrogen-bond donors (Lipinski definition) is 2. The molecule has 0 atom stereocenters. The highest BCUT2D eigenvalue weighted by molar-refractivity contribution is 7.92. The minimum Gasteiger partial charge on any atom is -0.280 e. The Balaban J connectivity index is 1.96. The van der Waals surface area contributed by atoms with Crippen LogP contribution in [-0.4, -0.2) is 19.1 Å². The Morgan fingerprint density at radius 1 is 1.09 bits per heavy atom. The molecule has 0 bridgehead atoms. The summed E-state index contributed by atoms with van der Waals surface area (Å²) in [6.07, 6.45) is 0. The molecule has 162 valence electrons. The average molecular weight is 470 g/mol. The van der Waals surface area contributed by atoms with Crippen molar-refractivity contribution in [2.45, 2.75) is 11.8 Å². The highest BCUT2D eigenvalue weighted by atomic mass is 35.5. The molecule has 0 aliphatic heterocycles. The first-order valence-electron chi connectivity index (χ1n) is 9.07. The monoisotopic (exact) mass is 469 g/mol. The van der Waals surface area contributed by atoms with Crippen molar-refractivity contribution >= 4 is 44.4 Å². The van der Waals surface area contributed by atoms with E-state index < -0.39 is 14.9 Å². The topological polar surface area (TPSA) is 137 Å². The Morgan fingerprint density at radius 3 is 2.34 bits per heavy atom. The van der Waals surface area contributed by atoms with Gasteiger partial charge in [-0.15, -0.1) is 0 Å². The number of hydrazone groups is 1. The van der Waals surface area contributed by atoms with Crippen molar-refractivity contribution in [3.05, 3.63) is 93.0 Å². The second kappa shape index (κ2) is 9.47. The van der Waals surface area contributed by atoms with Gasteiger partial charge in [-0.1, -0.05) is 23.7 Å². The van der Waals surface area contributed by atoms with Gasteiger partial charge in [0.1, 0.15) is 4.90 Å². The molecule has 2 N–H and O–H groups in total. The van der Waals surface area contributed by atoms with Crippen LogP contribution in [0.25, 0.3) is 0 Å². The van der Waals surface area contributed by atoms with Crippen LogP contribution >= 0.6 is 11.6 Å². The Bertz CT molecular complexity index is 1330. The number of nitro groups is 1. The first-order valence-corrected chi connectivity index (χ1v) is 10.9. The summed E-state index contributed by atoms with van der Waals surface area (Å²) in [5.41, 5.74) is 4.28. The lowest BCUT2D eigenvalue weighted by Gasteiger charge is -2.12. The van der Waals surface area contributed by atoms with E-state index in [1.807, 2.05) is 6.07 Å². The van der Waals surface area contributed by atoms with Crippen LogP contribution in [0.1, 0.15) is 18.1 Å². The highest BCUT2D eigenvalue weighted by Crippen LogP contribution is 2.29. The minimum atomic E-state index is -4.20. The van der Waals surface area contributed by atoms with Gasteiger partial charge in [-0.3, -0.25) is 20.3 Å². The van der Waals surface area contributed by atoms with Gasteiger partial charge in [0.2, 0.25) is 0 Å². The molecule has 9 nitrogen and oxygen atoms in total. The lowest BCUT2D eigenvalue weighted by Crippen LogP contribution is -2.15. The van der Waals surface area contributed by atoms with E-state index in [2.05, 4.69) is 15.2 Å². The quantitative estimate of drug-likeness (QED) is 0.290. The molecule has 0 amide bonds. The van der Waals surface area contributed by atoms with Gasteiger partial charge < -0.3 is 0 Å². The van der Waals surface area contributed by atoms with Crippen molar-refractivity contribution < 1.29 is 13.3 Å². The van der Waals surface area contributed by atoms with Crippen molar-refractivity contribution in [3.63, 3.8) is 0 Å². The van der Waals surface area contributed by atoms with E-state index in [4.69, 9.17) is 16.9 Å². The summed E-state index contributed by atoms with van der Waals surface area (Å²) >= 11 is 5.83. The molecule has 0 unspecified atom stereocenters. The van der Waals surface area contributed by atoms with Crippen LogP contribution in [-0.2, 0) is 10.0 Å². The molecule has 0 spiro atoms. The second-order valence-electron chi connectivity index (χ2n) is 6.55. The summed E-state index contributed by atoms with van der Waals surface area (Å²) in [4.78, 5) is 10.2. The van der Waals surface area contributed by atoms with Gasteiger partial charge in [0.05, 0.1) is 28.0 Å². The van der Waals surface area contributed by atoms with Crippen LogP contribution in [0.15, 0.2) is 76.7 Å². The van der Waals surface area contributed by atoms with E-state index in [1.165, 1.54) is 36.4 Å². The predicted molar refractivity (Wildman–Crippen MR) is 122 cm³/mol. The lowest BCUT2D eigenvalue weighted by molar-refractivity contribution is -0.385.